The number of alkyl halides is 3. The molecule has 0 bridgehead atoms. The van der Waals surface area contributed by atoms with E-state index in [0.29, 0.717) is 0 Å². The molecule has 1 rings (SSSR count). The lowest BCUT2D eigenvalue weighted by molar-refractivity contribution is -0.386. The van der Waals surface area contributed by atoms with E-state index in [-0.39, 0.29) is 5.82 Å². The maximum atomic E-state index is 12.3. The van der Waals surface area contributed by atoms with Crippen LogP contribution in [0.15, 0.2) is 12.1 Å². The molecule has 0 radical (unpaired) electrons. The minimum Gasteiger partial charge on any atom is -0.460 e. The van der Waals surface area contributed by atoms with Crippen LogP contribution in [-0.2, 0) is 0 Å². The van der Waals surface area contributed by atoms with Gasteiger partial charge in [-0.3, -0.25) is 10.1 Å². The van der Waals surface area contributed by atoms with Gasteiger partial charge >= 0.3 is 11.9 Å². The van der Waals surface area contributed by atoms with Crippen molar-refractivity contribution in [3.05, 3.63) is 22.2 Å². The highest BCUT2D eigenvalue weighted by molar-refractivity contribution is 5.48. The number of anilines is 1. The van der Waals surface area contributed by atoms with Crippen molar-refractivity contribution >= 4 is 11.5 Å². The van der Waals surface area contributed by atoms with Gasteiger partial charge in [0.25, 0.3) is 5.88 Å². The number of hydrogen-bond donors (Lipinski definition) is 1. The highest BCUT2D eigenvalue weighted by atomic mass is 19.4. The maximum absolute atomic E-state index is 12.3. The van der Waals surface area contributed by atoms with E-state index in [2.05, 4.69) is 15.0 Å². The Kier molecular flexibility index (Phi) is 3.94. The molecule has 1 heterocycles. The highest BCUT2D eigenvalue weighted by Crippen LogP contribution is 2.30. The summed E-state index contributed by atoms with van der Waals surface area (Å²) in [5.41, 5.74) is -0.620. The van der Waals surface area contributed by atoms with Crippen LogP contribution in [0.5, 0.6) is 5.88 Å². The Morgan fingerprint density at radius 2 is 2.11 bits per heavy atom. The number of nitro groups is 1. The van der Waals surface area contributed by atoms with Gasteiger partial charge in [-0.1, -0.05) is 0 Å². The number of nitrogens with zero attached hydrogens (tertiary/aromatic N) is 2. The first kappa shape index (κ1) is 14.0. The Morgan fingerprint density at radius 3 is 2.56 bits per heavy atom. The molecule has 9 heteroatoms. The van der Waals surface area contributed by atoms with Crippen LogP contribution in [0.1, 0.15) is 6.92 Å². The van der Waals surface area contributed by atoms with Crippen molar-refractivity contribution in [3.8, 4) is 5.88 Å². The summed E-state index contributed by atoms with van der Waals surface area (Å²) in [4.78, 5) is 13.4. The van der Waals surface area contributed by atoms with Crippen LogP contribution >= 0.6 is 0 Å². The number of halogens is 3. The van der Waals surface area contributed by atoms with E-state index in [9.17, 15) is 23.3 Å². The third-order valence-electron chi connectivity index (χ3n) is 2.04. The highest BCUT2D eigenvalue weighted by Gasteiger charge is 2.39. The number of pyridine rings is 1. The fraction of sp³-hybridized carbons (Fsp3) is 0.444. The molecular weight excluding hydrogens is 255 g/mol. The predicted octanol–water partition coefficient (Wildman–Crippen LogP) is 2.36. The molecule has 1 aromatic rings. The normalized spacial score (nSPS) is 12.9. The van der Waals surface area contributed by atoms with Gasteiger partial charge in [0, 0.05) is 13.1 Å². The van der Waals surface area contributed by atoms with Crippen LogP contribution in [0, 0.1) is 10.1 Å². The fourth-order valence-corrected chi connectivity index (χ4v) is 1.03. The van der Waals surface area contributed by atoms with Crippen molar-refractivity contribution in [1.29, 1.82) is 0 Å². The molecule has 0 fully saturated rings. The first-order chi connectivity index (χ1) is 8.25. The number of aromatic nitrogens is 1. The van der Waals surface area contributed by atoms with Gasteiger partial charge < -0.3 is 10.1 Å². The SMILES string of the molecule is CNc1ccc([N+](=O)[O-])c(OC(C)C(F)(F)F)n1. The summed E-state index contributed by atoms with van der Waals surface area (Å²) >= 11 is 0. The smallest absolute Gasteiger partial charge is 0.425 e. The number of ether oxygens (including phenoxy) is 1. The summed E-state index contributed by atoms with van der Waals surface area (Å²) in [7, 11) is 1.48. The number of rotatable bonds is 4. The van der Waals surface area contributed by atoms with Crippen molar-refractivity contribution < 1.29 is 22.8 Å². The number of hydrogen-bond acceptors (Lipinski definition) is 5. The lowest BCUT2D eigenvalue weighted by atomic mass is 10.3. The molecule has 0 spiro atoms. The zero-order chi connectivity index (χ0) is 13.9. The summed E-state index contributed by atoms with van der Waals surface area (Å²) in [6.45, 7) is 0.747. The van der Waals surface area contributed by atoms with Crippen LogP contribution in [0.25, 0.3) is 0 Å². The Hall–Kier alpha value is -2.06. The molecule has 0 saturated heterocycles. The Labute approximate surface area is 99.9 Å². The van der Waals surface area contributed by atoms with Crippen LogP contribution in [0.2, 0.25) is 0 Å². The van der Waals surface area contributed by atoms with Crippen molar-refractivity contribution in [2.24, 2.45) is 0 Å². The molecule has 1 N–H and O–H groups in total. The Morgan fingerprint density at radius 1 is 1.50 bits per heavy atom. The van der Waals surface area contributed by atoms with Crippen LogP contribution in [0.4, 0.5) is 24.7 Å². The molecule has 1 atom stereocenters. The second-order valence-corrected chi connectivity index (χ2v) is 3.33. The van der Waals surface area contributed by atoms with E-state index in [0.717, 1.165) is 13.0 Å². The molecule has 0 aliphatic rings. The fourth-order valence-electron chi connectivity index (χ4n) is 1.03. The standard InChI is InChI=1S/C9H10F3N3O3/c1-5(9(10,11)12)18-8-6(15(16)17)3-4-7(13-2)14-8/h3-5H,1-2H3,(H,13,14). The van der Waals surface area contributed by atoms with E-state index in [1.54, 1.807) is 0 Å². The second-order valence-electron chi connectivity index (χ2n) is 3.33. The third-order valence-corrected chi connectivity index (χ3v) is 2.04. The lowest BCUT2D eigenvalue weighted by Crippen LogP contribution is -2.31. The van der Waals surface area contributed by atoms with Gasteiger partial charge in [0.15, 0.2) is 6.10 Å². The van der Waals surface area contributed by atoms with Crippen LogP contribution in [-0.4, -0.2) is 29.2 Å². The van der Waals surface area contributed by atoms with E-state index in [1.165, 1.54) is 13.1 Å². The first-order valence-corrected chi connectivity index (χ1v) is 4.82. The van der Waals surface area contributed by atoms with Gasteiger partial charge in [-0.2, -0.15) is 18.2 Å². The Balaban J connectivity index is 3.08. The van der Waals surface area contributed by atoms with E-state index >= 15 is 0 Å². The quantitative estimate of drug-likeness (QED) is 0.668. The van der Waals surface area contributed by atoms with Crippen molar-refractivity contribution in [3.63, 3.8) is 0 Å². The van der Waals surface area contributed by atoms with Gasteiger partial charge in [-0.25, -0.2) is 0 Å². The molecule has 0 aliphatic heterocycles. The topological polar surface area (TPSA) is 77.3 Å². The molecule has 100 valence electrons. The van der Waals surface area contributed by atoms with E-state index in [1.807, 2.05) is 0 Å². The second kappa shape index (κ2) is 5.07. The largest absolute Gasteiger partial charge is 0.460 e. The van der Waals surface area contributed by atoms with E-state index in [4.69, 9.17) is 0 Å². The average Bonchev–Trinajstić information content (AvgIpc) is 2.27. The zero-order valence-electron chi connectivity index (χ0n) is 9.49. The molecule has 0 amide bonds. The average molecular weight is 265 g/mol. The predicted molar refractivity (Wildman–Crippen MR) is 56.6 cm³/mol. The molecule has 1 aromatic heterocycles. The summed E-state index contributed by atoms with van der Waals surface area (Å²) in [5, 5.41) is 13.2. The van der Waals surface area contributed by atoms with Crippen molar-refractivity contribution in [2.45, 2.75) is 19.2 Å². The van der Waals surface area contributed by atoms with Gasteiger partial charge in [0.05, 0.1) is 4.92 Å². The molecular formula is C9H10F3N3O3. The lowest BCUT2D eigenvalue weighted by Gasteiger charge is -2.17. The minimum atomic E-state index is -4.62. The van der Waals surface area contributed by atoms with Gasteiger partial charge in [-0.15, -0.1) is 0 Å². The van der Waals surface area contributed by atoms with Gasteiger partial charge in [0.2, 0.25) is 0 Å². The maximum Gasteiger partial charge on any atom is 0.425 e. The molecule has 0 aromatic carbocycles. The van der Waals surface area contributed by atoms with Crippen molar-refractivity contribution in [2.75, 3.05) is 12.4 Å². The summed E-state index contributed by atoms with van der Waals surface area (Å²) < 4.78 is 41.4. The van der Waals surface area contributed by atoms with Gasteiger partial charge in [-0.05, 0) is 13.0 Å². The first-order valence-electron chi connectivity index (χ1n) is 4.82. The van der Waals surface area contributed by atoms with E-state index < -0.39 is 28.8 Å². The van der Waals surface area contributed by atoms with Crippen LogP contribution < -0.4 is 10.1 Å². The molecule has 1 unspecified atom stereocenters. The molecule has 0 aliphatic carbocycles. The molecule has 18 heavy (non-hydrogen) atoms. The Bertz CT molecular complexity index is 450. The summed E-state index contributed by atoms with van der Waals surface area (Å²) in [6, 6.07) is 2.29. The number of nitrogens with one attached hydrogen (secondary N) is 1. The third kappa shape index (κ3) is 3.22. The summed E-state index contributed by atoms with van der Waals surface area (Å²) in [5.74, 6) is -0.498. The monoisotopic (exact) mass is 265 g/mol. The molecule has 6 nitrogen and oxygen atoms in total. The van der Waals surface area contributed by atoms with Crippen LogP contribution in [0.3, 0.4) is 0 Å². The van der Waals surface area contributed by atoms with Gasteiger partial charge in [0.1, 0.15) is 5.82 Å². The van der Waals surface area contributed by atoms with Crippen molar-refractivity contribution in [1.82, 2.24) is 4.98 Å². The minimum absolute atomic E-state index is 0.171. The zero-order valence-corrected chi connectivity index (χ0v) is 9.49. The molecule has 0 saturated carbocycles. The summed E-state index contributed by atoms with van der Waals surface area (Å²) in [6.07, 6.45) is -6.80.